The lowest BCUT2D eigenvalue weighted by atomic mass is 9.91. The number of alkyl halides is 15. The molecule has 37 heavy (non-hydrogen) atoms. The van der Waals surface area contributed by atoms with E-state index in [1.54, 1.807) is 0 Å². The summed E-state index contributed by atoms with van der Waals surface area (Å²) in [6.07, 6.45) is -7.75. The van der Waals surface area contributed by atoms with Gasteiger partial charge in [-0.1, -0.05) is 12.1 Å². The Kier molecular flexibility index (Phi) is 8.46. The van der Waals surface area contributed by atoms with E-state index in [4.69, 9.17) is 0 Å². The molecule has 0 aromatic heterocycles. The van der Waals surface area contributed by atoms with Crippen LogP contribution in [0.1, 0.15) is 0 Å². The minimum Gasteiger partial charge on any atom is -0.421 e. The minimum absolute atomic E-state index is 0.381. The second-order valence-electron chi connectivity index (χ2n) is 6.69. The van der Waals surface area contributed by atoms with Crippen LogP contribution in [-0.2, 0) is 14.3 Å². The van der Waals surface area contributed by atoms with Crippen molar-refractivity contribution in [1.29, 1.82) is 0 Å². The van der Waals surface area contributed by atoms with E-state index in [1.807, 2.05) is 0 Å². The summed E-state index contributed by atoms with van der Waals surface area (Å²) in [6.45, 7) is -0.853. The van der Waals surface area contributed by atoms with Gasteiger partial charge in [-0.2, -0.15) is 65.9 Å². The summed E-state index contributed by atoms with van der Waals surface area (Å²) >= 11 is 0. The monoisotopic (exact) mass is 578 g/mol. The van der Waals surface area contributed by atoms with Crippen LogP contribution in [0.15, 0.2) is 24.3 Å². The average Bonchev–Trinajstić information content (AvgIpc) is 2.73. The fraction of sp³-hybridized carbons (Fsp3) is 0.529. The Hall–Kier alpha value is -2.93. The summed E-state index contributed by atoms with van der Waals surface area (Å²) in [6, 6.07) is 2.69. The molecule has 0 atom stereocenters. The van der Waals surface area contributed by atoms with Crippen molar-refractivity contribution >= 4 is 11.9 Å². The molecule has 1 aromatic rings. The summed E-state index contributed by atoms with van der Waals surface area (Å²) in [7, 11) is 0.944. The first-order valence-corrected chi connectivity index (χ1v) is 8.69. The Balaban J connectivity index is 3.48. The topological polar surface area (TPSA) is 61.8 Å². The molecular weight excluding hydrogens is 569 g/mol. The Morgan fingerprint density at radius 2 is 1.00 bits per heavy atom. The SMILES string of the molecule is COCC(=O)Oc1ccccc1OC(=O)C(F)(F)C(F)(F)C(F)(F)C(F)(F)C(F)(F)C(F)(F)C(F)(F)F. The van der Waals surface area contributed by atoms with Gasteiger partial charge < -0.3 is 14.2 Å². The van der Waals surface area contributed by atoms with Crippen molar-refractivity contribution in [2.24, 2.45) is 0 Å². The molecule has 0 N–H and O–H groups in total. The van der Waals surface area contributed by atoms with Crippen LogP contribution in [0.2, 0.25) is 0 Å². The highest BCUT2D eigenvalue weighted by atomic mass is 19.4. The van der Waals surface area contributed by atoms with Crippen molar-refractivity contribution in [2.75, 3.05) is 13.7 Å². The number of ether oxygens (including phenoxy) is 3. The van der Waals surface area contributed by atoms with E-state index in [2.05, 4.69) is 14.2 Å². The third kappa shape index (κ3) is 5.11. The van der Waals surface area contributed by atoms with E-state index >= 15 is 0 Å². The second-order valence-corrected chi connectivity index (χ2v) is 6.69. The van der Waals surface area contributed by atoms with Gasteiger partial charge in [-0.3, -0.25) is 0 Å². The van der Waals surface area contributed by atoms with E-state index in [0.29, 0.717) is 12.1 Å². The van der Waals surface area contributed by atoms with Gasteiger partial charge in [0, 0.05) is 7.11 Å². The Bertz CT molecular complexity index is 1000. The predicted octanol–water partition coefficient (Wildman–Crippen LogP) is 5.52. The van der Waals surface area contributed by atoms with Crippen LogP contribution in [0.5, 0.6) is 11.5 Å². The molecule has 1 aromatic carbocycles. The van der Waals surface area contributed by atoms with E-state index in [1.165, 1.54) is 0 Å². The minimum atomic E-state index is -8.56. The summed E-state index contributed by atoms with van der Waals surface area (Å²) in [5.74, 6) is -56.8. The van der Waals surface area contributed by atoms with E-state index in [-0.39, 0.29) is 0 Å². The lowest BCUT2D eigenvalue weighted by molar-refractivity contribution is -0.450. The molecule has 5 nitrogen and oxygen atoms in total. The molecule has 0 heterocycles. The number of para-hydroxylation sites is 2. The van der Waals surface area contributed by atoms with E-state index in [9.17, 15) is 75.4 Å². The molecule has 0 aliphatic heterocycles. The molecule has 0 spiro atoms. The standard InChI is InChI=1S/C17H9F15O5/c1-35-6-9(33)36-7-4-2-3-5-8(7)37-10(34)11(18,19)12(20,21)13(22,23)14(24,25)15(26,27)16(28,29)17(30,31)32/h2-5H,6H2,1H3. The normalized spacial score (nSPS) is 14.4. The van der Waals surface area contributed by atoms with Gasteiger partial charge in [0.1, 0.15) is 6.61 Å². The first-order chi connectivity index (χ1) is 16.3. The fourth-order valence-electron chi connectivity index (χ4n) is 2.15. The van der Waals surface area contributed by atoms with Gasteiger partial charge in [0.2, 0.25) is 0 Å². The van der Waals surface area contributed by atoms with Crippen LogP contribution in [0.3, 0.4) is 0 Å². The molecule has 0 saturated carbocycles. The summed E-state index contributed by atoms with van der Waals surface area (Å²) in [5, 5.41) is 0. The van der Waals surface area contributed by atoms with Gasteiger partial charge >= 0.3 is 53.7 Å². The number of esters is 2. The molecule has 0 radical (unpaired) electrons. The Morgan fingerprint density at radius 1 is 0.622 bits per heavy atom. The van der Waals surface area contributed by atoms with E-state index < -0.39 is 71.8 Å². The van der Waals surface area contributed by atoms with Crippen molar-refractivity contribution in [2.45, 2.75) is 41.7 Å². The number of halogens is 15. The first kappa shape index (κ1) is 32.1. The summed E-state index contributed by atoms with van der Waals surface area (Å²) in [4.78, 5) is 22.9. The first-order valence-electron chi connectivity index (χ1n) is 8.69. The Labute approximate surface area is 194 Å². The number of methoxy groups -OCH3 is 1. The number of carbonyl (C=O) groups is 2. The lowest BCUT2D eigenvalue weighted by Gasteiger charge is -2.40. The van der Waals surface area contributed by atoms with Crippen molar-refractivity contribution in [1.82, 2.24) is 0 Å². The number of benzene rings is 1. The molecule has 0 fully saturated rings. The highest BCUT2D eigenvalue weighted by Gasteiger charge is 2.94. The molecule has 0 amide bonds. The molecule has 0 aliphatic carbocycles. The average molecular weight is 578 g/mol. The molecular formula is C17H9F15O5. The zero-order valence-corrected chi connectivity index (χ0v) is 17.2. The Morgan fingerprint density at radius 3 is 1.41 bits per heavy atom. The van der Waals surface area contributed by atoms with Crippen LogP contribution in [0, 0.1) is 0 Å². The van der Waals surface area contributed by atoms with Gasteiger partial charge in [-0.15, -0.1) is 0 Å². The highest BCUT2D eigenvalue weighted by molar-refractivity contribution is 5.82. The molecule has 1 rings (SSSR count). The van der Waals surface area contributed by atoms with Crippen LogP contribution in [-0.4, -0.2) is 67.4 Å². The highest BCUT2D eigenvalue weighted by Crippen LogP contribution is 2.62. The van der Waals surface area contributed by atoms with Crippen molar-refractivity contribution < 1.29 is 89.7 Å². The number of hydrogen-bond acceptors (Lipinski definition) is 5. The summed E-state index contributed by atoms with van der Waals surface area (Å²) in [5.41, 5.74) is 0. The van der Waals surface area contributed by atoms with E-state index in [0.717, 1.165) is 19.2 Å². The third-order valence-corrected chi connectivity index (χ3v) is 4.12. The van der Waals surface area contributed by atoms with Crippen LogP contribution in [0.25, 0.3) is 0 Å². The number of hydrogen-bond donors (Lipinski definition) is 0. The van der Waals surface area contributed by atoms with Gasteiger partial charge in [-0.05, 0) is 12.1 Å². The van der Waals surface area contributed by atoms with Gasteiger partial charge in [0.25, 0.3) is 0 Å². The largest absolute Gasteiger partial charge is 0.460 e. The quantitative estimate of drug-likeness (QED) is 0.208. The maximum Gasteiger partial charge on any atom is 0.460 e. The van der Waals surface area contributed by atoms with Crippen molar-refractivity contribution in [3.05, 3.63) is 24.3 Å². The zero-order chi connectivity index (χ0) is 29.5. The van der Waals surface area contributed by atoms with Crippen LogP contribution >= 0.6 is 0 Å². The maximum absolute atomic E-state index is 13.9. The molecule has 20 heteroatoms. The van der Waals surface area contributed by atoms with Crippen molar-refractivity contribution in [3.8, 4) is 11.5 Å². The summed E-state index contributed by atoms with van der Waals surface area (Å²) < 4.78 is 210. The molecule has 0 bridgehead atoms. The molecule has 212 valence electrons. The van der Waals surface area contributed by atoms with Gasteiger partial charge in [-0.25, -0.2) is 9.59 Å². The lowest BCUT2D eigenvalue weighted by Crippen LogP contribution is -2.73. The molecule has 0 saturated heterocycles. The van der Waals surface area contributed by atoms with Crippen molar-refractivity contribution in [3.63, 3.8) is 0 Å². The van der Waals surface area contributed by atoms with Gasteiger partial charge in [0.05, 0.1) is 0 Å². The fourth-order valence-corrected chi connectivity index (χ4v) is 2.15. The smallest absolute Gasteiger partial charge is 0.421 e. The maximum atomic E-state index is 13.9. The molecule has 0 aliphatic rings. The predicted molar refractivity (Wildman–Crippen MR) is 85.3 cm³/mol. The number of carbonyl (C=O) groups excluding carboxylic acids is 2. The number of rotatable bonds is 10. The second kappa shape index (κ2) is 9.75. The van der Waals surface area contributed by atoms with Crippen LogP contribution < -0.4 is 9.47 Å². The third-order valence-electron chi connectivity index (χ3n) is 4.12. The zero-order valence-electron chi connectivity index (χ0n) is 17.2. The molecule has 0 unspecified atom stereocenters. The van der Waals surface area contributed by atoms with Gasteiger partial charge in [0.15, 0.2) is 11.5 Å². The van der Waals surface area contributed by atoms with Crippen LogP contribution in [0.4, 0.5) is 65.9 Å².